The number of nitrogens with zero attached hydrogens (tertiary/aromatic N) is 3. The Hall–Kier alpha value is -2.97. The number of halogens is 1. The lowest BCUT2D eigenvalue weighted by atomic mass is 10.0. The second-order valence-corrected chi connectivity index (χ2v) is 8.46. The molecule has 1 atom stereocenters. The number of carboxylic acid groups (broad SMARTS) is 1. The van der Waals surface area contributed by atoms with E-state index in [0.29, 0.717) is 22.9 Å². The van der Waals surface area contributed by atoms with Crippen molar-refractivity contribution in [1.82, 2.24) is 9.99 Å². The summed E-state index contributed by atoms with van der Waals surface area (Å²) in [6.07, 6.45) is 0.782. The zero-order valence-corrected chi connectivity index (χ0v) is 18.3. The molecule has 1 unspecified atom stereocenters. The Morgan fingerprint density at radius 3 is 2.84 bits per heavy atom. The van der Waals surface area contributed by atoms with E-state index in [9.17, 15) is 9.59 Å². The van der Waals surface area contributed by atoms with Crippen LogP contribution in [-0.4, -0.2) is 39.8 Å². The van der Waals surface area contributed by atoms with Crippen LogP contribution in [0.1, 0.15) is 42.2 Å². The Morgan fingerprint density at radius 1 is 1.29 bits per heavy atom. The SMILES string of the molecule is COc1ccc2nc(Cl)c(C3CC(c4cccs4)=NN3C(=O)CCCC(=O)O)cc2c1. The summed E-state index contributed by atoms with van der Waals surface area (Å²) in [7, 11) is 1.60. The second-order valence-electron chi connectivity index (χ2n) is 7.16. The van der Waals surface area contributed by atoms with Gasteiger partial charge in [-0.15, -0.1) is 11.3 Å². The maximum atomic E-state index is 12.9. The van der Waals surface area contributed by atoms with Crippen molar-refractivity contribution in [2.75, 3.05) is 7.11 Å². The molecule has 2 aromatic heterocycles. The van der Waals surface area contributed by atoms with Crippen molar-refractivity contribution in [2.24, 2.45) is 5.10 Å². The van der Waals surface area contributed by atoms with Crippen LogP contribution < -0.4 is 4.74 Å². The molecular weight excluding hydrogens is 438 g/mol. The molecule has 7 nitrogen and oxygen atoms in total. The van der Waals surface area contributed by atoms with Gasteiger partial charge in [0.1, 0.15) is 10.9 Å². The van der Waals surface area contributed by atoms with Gasteiger partial charge < -0.3 is 9.84 Å². The summed E-state index contributed by atoms with van der Waals surface area (Å²) in [5.41, 5.74) is 2.23. The number of amides is 1. The normalized spacial score (nSPS) is 15.9. The lowest BCUT2D eigenvalue weighted by Gasteiger charge is -2.23. The van der Waals surface area contributed by atoms with E-state index >= 15 is 0 Å². The Bertz CT molecular complexity index is 1160. The number of benzene rings is 1. The van der Waals surface area contributed by atoms with Crippen molar-refractivity contribution in [2.45, 2.75) is 31.7 Å². The van der Waals surface area contributed by atoms with Gasteiger partial charge in [0.05, 0.1) is 29.3 Å². The number of thiophene rings is 1. The molecule has 1 aliphatic heterocycles. The zero-order chi connectivity index (χ0) is 22.0. The lowest BCUT2D eigenvalue weighted by molar-refractivity contribution is -0.137. The highest BCUT2D eigenvalue weighted by molar-refractivity contribution is 7.12. The zero-order valence-electron chi connectivity index (χ0n) is 16.7. The number of hydrogen-bond acceptors (Lipinski definition) is 6. The van der Waals surface area contributed by atoms with Gasteiger partial charge in [-0.2, -0.15) is 5.10 Å². The average molecular weight is 458 g/mol. The van der Waals surface area contributed by atoms with E-state index in [-0.39, 0.29) is 25.2 Å². The van der Waals surface area contributed by atoms with Gasteiger partial charge in [0.15, 0.2) is 0 Å². The molecule has 160 valence electrons. The molecule has 3 heterocycles. The van der Waals surface area contributed by atoms with Gasteiger partial charge >= 0.3 is 5.97 Å². The summed E-state index contributed by atoms with van der Waals surface area (Å²) in [5, 5.41) is 18.0. The molecule has 0 radical (unpaired) electrons. The smallest absolute Gasteiger partial charge is 0.303 e. The number of ether oxygens (including phenoxy) is 1. The third-order valence-corrected chi connectivity index (χ3v) is 6.34. The Labute approximate surface area is 187 Å². The summed E-state index contributed by atoms with van der Waals surface area (Å²) in [4.78, 5) is 29.3. The average Bonchev–Trinajstić information content (AvgIpc) is 3.42. The third-order valence-electron chi connectivity index (χ3n) is 5.11. The van der Waals surface area contributed by atoms with Gasteiger partial charge in [0.25, 0.3) is 0 Å². The predicted octanol–water partition coefficient (Wildman–Crippen LogP) is 4.89. The Kier molecular flexibility index (Phi) is 6.20. The number of methoxy groups -OCH3 is 1. The standard InChI is InChI=1S/C22H20ClN3O4S/c1-30-14-7-8-16-13(10-14)11-15(22(23)24-16)18-12-17(19-4-3-9-31-19)25-26(18)20(27)5-2-6-21(28)29/h3-4,7-11,18H,2,5-6,12H2,1H3,(H,28,29). The summed E-state index contributed by atoms with van der Waals surface area (Å²) < 4.78 is 5.31. The van der Waals surface area contributed by atoms with Crippen LogP contribution >= 0.6 is 22.9 Å². The fourth-order valence-corrected chi connectivity index (χ4v) is 4.58. The van der Waals surface area contributed by atoms with E-state index in [2.05, 4.69) is 10.1 Å². The van der Waals surface area contributed by atoms with E-state index in [1.165, 1.54) is 5.01 Å². The van der Waals surface area contributed by atoms with Crippen LogP contribution in [0.2, 0.25) is 5.15 Å². The van der Waals surface area contributed by atoms with E-state index in [0.717, 1.165) is 21.5 Å². The van der Waals surface area contributed by atoms with Gasteiger partial charge in [-0.05, 0) is 42.1 Å². The molecule has 0 saturated carbocycles. The van der Waals surface area contributed by atoms with Crippen molar-refractivity contribution >= 4 is 51.4 Å². The molecule has 0 saturated heterocycles. The monoisotopic (exact) mass is 457 g/mol. The van der Waals surface area contributed by atoms with E-state index in [1.807, 2.05) is 41.8 Å². The van der Waals surface area contributed by atoms with Gasteiger partial charge in [-0.1, -0.05) is 17.7 Å². The first kappa shape index (κ1) is 21.3. The van der Waals surface area contributed by atoms with Crippen LogP contribution in [0.3, 0.4) is 0 Å². The number of carbonyl (C=O) groups is 2. The highest BCUT2D eigenvalue weighted by Crippen LogP contribution is 2.38. The molecule has 1 amide bonds. The van der Waals surface area contributed by atoms with Crippen molar-refractivity contribution in [3.8, 4) is 5.75 Å². The van der Waals surface area contributed by atoms with Gasteiger partial charge in [-0.25, -0.2) is 9.99 Å². The van der Waals surface area contributed by atoms with Crippen LogP contribution in [0.15, 0.2) is 46.9 Å². The maximum absolute atomic E-state index is 12.9. The minimum Gasteiger partial charge on any atom is -0.497 e. The number of aromatic nitrogens is 1. The number of fused-ring (bicyclic) bond motifs is 1. The molecular formula is C22H20ClN3O4S. The Morgan fingerprint density at radius 2 is 2.13 bits per heavy atom. The fraction of sp³-hybridized carbons (Fsp3) is 0.273. The molecule has 3 aromatic rings. The fourth-order valence-electron chi connectivity index (χ4n) is 3.59. The first-order valence-corrected chi connectivity index (χ1v) is 11.0. The minimum absolute atomic E-state index is 0.0657. The molecule has 1 aliphatic rings. The topological polar surface area (TPSA) is 92.1 Å². The highest BCUT2D eigenvalue weighted by Gasteiger charge is 2.35. The molecule has 9 heteroatoms. The number of aliphatic carboxylic acids is 1. The lowest BCUT2D eigenvalue weighted by Crippen LogP contribution is -2.27. The Balaban J connectivity index is 1.69. The van der Waals surface area contributed by atoms with Crippen molar-refractivity contribution in [1.29, 1.82) is 0 Å². The second kappa shape index (κ2) is 9.03. The predicted molar refractivity (Wildman–Crippen MR) is 120 cm³/mol. The number of rotatable bonds is 7. The number of carbonyl (C=O) groups excluding carboxylic acids is 1. The van der Waals surface area contributed by atoms with Crippen LogP contribution in [0.4, 0.5) is 0 Å². The first-order chi connectivity index (χ1) is 15.0. The summed E-state index contributed by atoms with van der Waals surface area (Å²) in [6, 6.07) is 10.9. The summed E-state index contributed by atoms with van der Waals surface area (Å²) in [6.45, 7) is 0. The quantitative estimate of drug-likeness (QED) is 0.510. The number of hydrogen-bond donors (Lipinski definition) is 1. The minimum atomic E-state index is -0.927. The number of pyridine rings is 1. The molecule has 0 bridgehead atoms. The van der Waals surface area contributed by atoms with Gasteiger partial charge in [0.2, 0.25) is 5.91 Å². The molecule has 0 aliphatic carbocycles. The molecule has 1 N–H and O–H groups in total. The van der Waals surface area contributed by atoms with Crippen molar-refractivity contribution < 1.29 is 19.4 Å². The largest absolute Gasteiger partial charge is 0.497 e. The van der Waals surface area contributed by atoms with Gasteiger partial charge in [0, 0.05) is 30.2 Å². The summed E-state index contributed by atoms with van der Waals surface area (Å²) in [5.74, 6) is -0.463. The first-order valence-electron chi connectivity index (χ1n) is 9.75. The van der Waals surface area contributed by atoms with Gasteiger partial charge in [-0.3, -0.25) is 9.59 Å². The number of carboxylic acids is 1. The molecule has 0 fully saturated rings. The maximum Gasteiger partial charge on any atom is 0.303 e. The molecule has 1 aromatic carbocycles. The number of hydrazone groups is 1. The van der Waals surface area contributed by atoms with Crippen molar-refractivity contribution in [3.05, 3.63) is 57.4 Å². The van der Waals surface area contributed by atoms with Crippen LogP contribution in [-0.2, 0) is 9.59 Å². The third kappa shape index (κ3) is 4.55. The summed E-state index contributed by atoms with van der Waals surface area (Å²) >= 11 is 8.09. The van der Waals surface area contributed by atoms with E-state index in [4.69, 9.17) is 21.4 Å². The van der Waals surface area contributed by atoms with Crippen molar-refractivity contribution in [3.63, 3.8) is 0 Å². The van der Waals surface area contributed by atoms with E-state index in [1.54, 1.807) is 18.4 Å². The van der Waals surface area contributed by atoms with Crippen LogP contribution in [0.25, 0.3) is 10.9 Å². The molecule has 4 rings (SSSR count). The molecule has 0 spiro atoms. The highest BCUT2D eigenvalue weighted by atomic mass is 35.5. The van der Waals surface area contributed by atoms with Crippen LogP contribution in [0.5, 0.6) is 5.75 Å². The van der Waals surface area contributed by atoms with E-state index < -0.39 is 12.0 Å². The molecule has 31 heavy (non-hydrogen) atoms. The van der Waals surface area contributed by atoms with Crippen LogP contribution in [0, 0.1) is 0 Å².